The minimum Gasteiger partial charge on any atom is -0.461 e. The van der Waals surface area contributed by atoms with Gasteiger partial charge in [0.25, 0.3) is 5.56 Å². The lowest BCUT2D eigenvalue weighted by atomic mass is 9.98. The van der Waals surface area contributed by atoms with Crippen molar-refractivity contribution < 1.29 is 9.53 Å². The molecule has 5 nitrogen and oxygen atoms in total. The Balaban J connectivity index is 1.68. The van der Waals surface area contributed by atoms with Crippen LogP contribution in [0.1, 0.15) is 48.1 Å². The van der Waals surface area contributed by atoms with Crippen LogP contribution in [0.15, 0.2) is 29.3 Å². The first kappa shape index (κ1) is 19.8. The molecule has 0 spiro atoms. The molecule has 29 heavy (non-hydrogen) atoms. The molecule has 1 fully saturated rings. The Kier molecular flexibility index (Phi) is 5.54. The summed E-state index contributed by atoms with van der Waals surface area (Å²) in [6.07, 6.45) is 6.67. The summed E-state index contributed by atoms with van der Waals surface area (Å²) in [6, 6.07) is 6.23. The summed E-state index contributed by atoms with van der Waals surface area (Å²) in [5.41, 5.74) is 4.14. The Labute approximate surface area is 174 Å². The fourth-order valence-corrected chi connectivity index (χ4v) is 5.04. The van der Waals surface area contributed by atoms with Crippen molar-refractivity contribution >= 4 is 27.5 Å². The van der Waals surface area contributed by atoms with Crippen LogP contribution in [-0.2, 0) is 16.1 Å². The second-order valence-electron chi connectivity index (χ2n) is 7.94. The molecule has 3 aromatic rings. The van der Waals surface area contributed by atoms with E-state index in [9.17, 15) is 9.59 Å². The Morgan fingerprint density at radius 2 is 1.93 bits per heavy atom. The molecule has 0 aliphatic heterocycles. The van der Waals surface area contributed by atoms with Crippen molar-refractivity contribution in [2.24, 2.45) is 0 Å². The van der Waals surface area contributed by atoms with Gasteiger partial charge in [-0.25, -0.2) is 4.98 Å². The number of aryl methyl sites for hydroxylation is 3. The number of hydrogen-bond acceptors (Lipinski definition) is 5. The number of aromatic nitrogens is 2. The maximum atomic E-state index is 13.2. The second-order valence-corrected chi connectivity index (χ2v) is 9.14. The Morgan fingerprint density at radius 1 is 1.17 bits per heavy atom. The molecule has 0 N–H and O–H groups in total. The van der Waals surface area contributed by atoms with E-state index in [0.717, 1.165) is 41.7 Å². The Bertz CT molecular complexity index is 1120. The molecule has 2 aromatic heterocycles. The molecule has 0 unspecified atom stereocenters. The molecule has 0 amide bonds. The lowest BCUT2D eigenvalue weighted by Crippen LogP contribution is -2.28. The van der Waals surface area contributed by atoms with Gasteiger partial charge in [0.15, 0.2) is 0 Å². The lowest BCUT2D eigenvalue weighted by Gasteiger charge is -2.21. The summed E-state index contributed by atoms with van der Waals surface area (Å²) in [7, 11) is 0. The zero-order valence-corrected chi connectivity index (χ0v) is 18.0. The normalized spacial score (nSPS) is 15.0. The highest BCUT2D eigenvalue weighted by Crippen LogP contribution is 2.36. The topological polar surface area (TPSA) is 61.2 Å². The number of ether oxygens (including phenoxy) is 1. The van der Waals surface area contributed by atoms with Gasteiger partial charge < -0.3 is 4.74 Å². The number of thiophene rings is 1. The number of nitrogens with zero attached hydrogens (tertiary/aromatic N) is 2. The number of benzene rings is 1. The molecule has 0 bridgehead atoms. The van der Waals surface area contributed by atoms with Gasteiger partial charge in [0.1, 0.15) is 17.5 Å². The van der Waals surface area contributed by atoms with Crippen molar-refractivity contribution in [2.45, 2.75) is 65.5 Å². The number of fused-ring (bicyclic) bond motifs is 1. The Hall–Kier alpha value is -2.47. The van der Waals surface area contributed by atoms with Gasteiger partial charge in [-0.15, -0.1) is 11.3 Å². The monoisotopic (exact) mass is 410 g/mol. The number of rotatable bonds is 4. The van der Waals surface area contributed by atoms with Gasteiger partial charge in [-0.2, -0.15) is 0 Å². The third-order valence-corrected chi connectivity index (χ3v) is 6.81. The molecular formula is C23H26N2O3S. The molecule has 0 atom stereocenters. The predicted molar refractivity (Wildman–Crippen MR) is 116 cm³/mol. The van der Waals surface area contributed by atoms with Crippen LogP contribution < -0.4 is 5.56 Å². The average molecular weight is 411 g/mol. The first-order chi connectivity index (χ1) is 13.9. The largest absolute Gasteiger partial charge is 0.461 e. The van der Waals surface area contributed by atoms with Crippen molar-refractivity contribution in [3.8, 4) is 11.1 Å². The number of esters is 1. The fraction of sp³-hybridized carbons (Fsp3) is 0.435. The van der Waals surface area contributed by atoms with Gasteiger partial charge in [0.05, 0.1) is 11.7 Å². The molecule has 1 saturated carbocycles. The summed E-state index contributed by atoms with van der Waals surface area (Å²) >= 11 is 1.51. The van der Waals surface area contributed by atoms with Crippen molar-refractivity contribution in [3.05, 3.63) is 50.9 Å². The zero-order chi connectivity index (χ0) is 20.5. The quantitative estimate of drug-likeness (QED) is 0.573. The molecule has 0 radical (unpaired) electrons. The van der Waals surface area contributed by atoms with E-state index in [1.165, 1.54) is 39.8 Å². The molecule has 6 heteroatoms. The minimum absolute atomic E-state index is 0.0156. The standard InChI is InChI=1S/C23H26N2O3S/c1-14-9-10-17(11-15(14)2)20-16(3)29-22-21(20)23(27)25(13-24-22)12-19(26)28-18-7-5-4-6-8-18/h9-11,13,18H,4-8,12H2,1-3H3. The SMILES string of the molecule is Cc1ccc(-c2c(C)sc3ncn(CC(=O)OC4CCCCC4)c(=O)c23)cc1C. The van der Waals surface area contributed by atoms with Gasteiger partial charge in [0, 0.05) is 10.4 Å². The van der Waals surface area contributed by atoms with E-state index in [1.807, 2.05) is 13.0 Å². The summed E-state index contributed by atoms with van der Waals surface area (Å²) < 4.78 is 6.97. The molecule has 1 aliphatic rings. The van der Waals surface area contributed by atoms with E-state index in [1.54, 1.807) is 0 Å². The van der Waals surface area contributed by atoms with E-state index in [0.29, 0.717) is 10.2 Å². The first-order valence-electron chi connectivity index (χ1n) is 10.2. The van der Waals surface area contributed by atoms with Gasteiger partial charge in [-0.3, -0.25) is 14.2 Å². The van der Waals surface area contributed by atoms with Crippen molar-refractivity contribution in [2.75, 3.05) is 0 Å². The lowest BCUT2D eigenvalue weighted by molar-refractivity contribution is -0.151. The molecule has 0 saturated heterocycles. The highest BCUT2D eigenvalue weighted by molar-refractivity contribution is 7.19. The van der Waals surface area contributed by atoms with Gasteiger partial charge in [-0.1, -0.05) is 24.6 Å². The van der Waals surface area contributed by atoms with Gasteiger partial charge >= 0.3 is 5.97 Å². The minimum atomic E-state index is -0.361. The Morgan fingerprint density at radius 3 is 2.66 bits per heavy atom. The number of carbonyl (C=O) groups excluding carboxylic acids is 1. The maximum Gasteiger partial charge on any atom is 0.326 e. The van der Waals surface area contributed by atoms with Crippen LogP contribution in [0.4, 0.5) is 0 Å². The second kappa shape index (κ2) is 8.11. The van der Waals surface area contributed by atoms with Crippen LogP contribution in [0, 0.1) is 20.8 Å². The van der Waals surface area contributed by atoms with Crippen LogP contribution in [0.5, 0.6) is 0 Å². The van der Waals surface area contributed by atoms with E-state index in [-0.39, 0.29) is 24.2 Å². The number of hydrogen-bond donors (Lipinski definition) is 0. The highest BCUT2D eigenvalue weighted by Gasteiger charge is 2.21. The molecular weight excluding hydrogens is 384 g/mol. The fourth-order valence-electron chi connectivity index (χ4n) is 4.04. The van der Waals surface area contributed by atoms with Crippen LogP contribution in [0.3, 0.4) is 0 Å². The molecule has 1 aromatic carbocycles. The van der Waals surface area contributed by atoms with Crippen LogP contribution in [0.25, 0.3) is 21.3 Å². The van der Waals surface area contributed by atoms with Crippen LogP contribution in [0.2, 0.25) is 0 Å². The average Bonchev–Trinajstić information content (AvgIpc) is 3.04. The van der Waals surface area contributed by atoms with E-state index >= 15 is 0 Å². The van der Waals surface area contributed by atoms with E-state index in [4.69, 9.17) is 4.74 Å². The van der Waals surface area contributed by atoms with Crippen molar-refractivity contribution in [3.63, 3.8) is 0 Å². The van der Waals surface area contributed by atoms with Crippen LogP contribution in [-0.4, -0.2) is 21.6 Å². The van der Waals surface area contributed by atoms with Gasteiger partial charge in [-0.05, 0) is 63.1 Å². The van der Waals surface area contributed by atoms with E-state index in [2.05, 4.69) is 31.0 Å². The van der Waals surface area contributed by atoms with Crippen LogP contribution >= 0.6 is 11.3 Å². The third kappa shape index (κ3) is 3.99. The zero-order valence-electron chi connectivity index (χ0n) is 17.2. The smallest absolute Gasteiger partial charge is 0.326 e. The third-order valence-electron chi connectivity index (χ3n) is 5.80. The maximum absolute atomic E-state index is 13.2. The van der Waals surface area contributed by atoms with E-state index < -0.39 is 0 Å². The summed E-state index contributed by atoms with van der Waals surface area (Å²) in [6.45, 7) is 6.06. The summed E-state index contributed by atoms with van der Waals surface area (Å²) in [5.74, 6) is -0.361. The van der Waals surface area contributed by atoms with Crippen molar-refractivity contribution in [1.82, 2.24) is 9.55 Å². The molecule has 4 rings (SSSR count). The van der Waals surface area contributed by atoms with Crippen molar-refractivity contribution in [1.29, 1.82) is 0 Å². The van der Waals surface area contributed by atoms with Gasteiger partial charge in [0.2, 0.25) is 0 Å². The molecule has 152 valence electrons. The summed E-state index contributed by atoms with van der Waals surface area (Å²) in [5, 5.41) is 0.587. The first-order valence-corrected chi connectivity index (χ1v) is 11.0. The molecule has 2 heterocycles. The number of carbonyl (C=O) groups is 1. The summed E-state index contributed by atoms with van der Waals surface area (Å²) in [4.78, 5) is 31.9. The highest BCUT2D eigenvalue weighted by atomic mass is 32.1. The predicted octanol–water partition coefficient (Wildman–Crippen LogP) is 4.93. The molecule has 1 aliphatic carbocycles.